The highest BCUT2D eigenvalue weighted by molar-refractivity contribution is 8.00. The van der Waals surface area contributed by atoms with Crippen molar-refractivity contribution in [3.8, 4) is 16.9 Å². The van der Waals surface area contributed by atoms with E-state index in [9.17, 15) is 14.9 Å². The molecule has 0 radical (unpaired) electrons. The van der Waals surface area contributed by atoms with E-state index in [0.29, 0.717) is 5.82 Å². The van der Waals surface area contributed by atoms with Crippen molar-refractivity contribution in [1.29, 1.82) is 0 Å². The summed E-state index contributed by atoms with van der Waals surface area (Å²) in [6, 6.07) is 25.9. The van der Waals surface area contributed by atoms with Gasteiger partial charge in [-0.05, 0) is 17.7 Å². The Morgan fingerprint density at radius 2 is 1.72 bits per heavy atom. The first-order valence-corrected chi connectivity index (χ1v) is 11.1. The number of amides is 1. The summed E-state index contributed by atoms with van der Waals surface area (Å²) in [4.78, 5) is 23.6. The summed E-state index contributed by atoms with van der Waals surface area (Å²) in [6.07, 6.45) is 0. The van der Waals surface area contributed by atoms with E-state index in [1.807, 2.05) is 66.7 Å². The zero-order chi connectivity index (χ0) is 22.1. The molecular weight excluding hydrogens is 424 g/mol. The molecule has 0 aliphatic carbocycles. The van der Waals surface area contributed by atoms with Gasteiger partial charge in [0.05, 0.1) is 27.3 Å². The van der Waals surface area contributed by atoms with Crippen LogP contribution in [0.5, 0.6) is 0 Å². The summed E-state index contributed by atoms with van der Waals surface area (Å²) in [5.41, 5.74) is 4.06. The van der Waals surface area contributed by atoms with Gasteiger partial charge >= 0.3 is 0 Å². The fourth-order valence-electron chi connectivity index (χ4n) is 3.84. The molecule has 3 aromatic carbocycles. The molecule has 1 N–H and O–H groups in total. The van der Waals surface area contributed by atoms with E-state index in [2.05, 4.69) is 5.32 Å². The number of non-ortho nitro benzene ring substituents is 1. The van der Waals surface area contributed by atoms with Gasteiger partial charge in [0.25, 0.3) is 5.69 Å². The number of para-hydroxylation sites is 1. The third-order valence-corrected chi connectivity index (χ3v) is 6.52. The molecule has 2 heterocycles. The SMILES string of the molecule is O=C1CS[C@@H](c2cccc([N+](=O)[O-])c2)c2c(-c3ccccc3)nn(-c3ccccc3)c2N1. The molecule has 0 fully saturated rings. The lowest BCUT2D eigenvalue weighted by atomic mass is 9.99. The summed E-state index contributed by atoms with van der Waals surface area (Å²) < 4.78 is 1.74. The minimum Gasteiger partial charge on any atom is -0.310 e. The zero-order valence-electron chi connectivity index (χ0n) is 16.8. The van der Waals surface area contributed by atoms with Crippen LogP contribution in [-0.4, -0.2) is 26.4 Å². The summed E-state index contributed by atoms with van der Waals surface area (Å²) in [7, 11) is 0. The number of nitrogens with zero attached hydrogens (tertiary/aromatic N) is 3. The Kier molecular flexibility index (Phi) is 5.20. The van der Waals surface area contributed by atoms with E-state index in [0.717, 1.165) is 28.1 Å². The lowest BCUT2D eigenvalue weighted by Crippen LogP contribution is -2.15. The molecule has 0 spiro atoms. The Morgan fingerprint density at radius 3 is 2.44 bits per heavy atom. The molecule has 5 rings (SSSR count). The lowest BCUT2D eigenvalue weighted by molar-refractivity contribution is -0.384. The molecule has 158 valence electrons. The second-order valence-corrected chi connectivity index (χ2v) is 8.41. The normalized spacial score (nSPS) is 15.5. The first kappa shape index (κ1) is 20.0. The minimum atomic E-state index is -0.402. The van der Waals surface area contributed by atoms with Crippen LogP contribution in [-0.2, 0) is 4.79 Å². The van der Waals surface area contributed by atoms with Gasteiger partial charge in [0.15, 0.2) is 0 Å². The van der Waals surface area contributed by atoms with E-state index in [1.54, 1.807) is 16.8 Å². The third-order valence-electron chi connectivity index (χ3n) is 5.25. The number of thioether (sulfide) groups is 1. The average Bonchev–Trinajstić information content (AvgIpc) is 3.10. The number of aromatic nitrogens is 2. The second-order valence-electron chi connectivity index (χ2n) is 7.32. The van der Waals surface area contributed by atoms with Crippen LogP contribution in [0.4, 0.5) is 11.5 Å². The smallest absolute Gasteiger partial charge is 0.269 e. The number of nitrogens with one attached hydrogen (secondary N) is 1. The van der Waals surface area contributed by atoms with Gasteiger partial charge in [-0.15, -0.1) is 11.8 Å². The molecule has 1 aliphatic rings. The monoisotopic (exact) mass is 442 g/mol. The molecule has 1 aliphatic heterocycles. The Morgan fingerprint density at radius 1 is 1.00 bits per heavy atom. The van der Waals surface area contributed by atoms with Crippen molar-refractivity contribution < 1.29 is 9.72 Å². The molecule has 0 saturated heterocycles. The topological polar surface area (TPSA) is 90.1 Å². The summed E-state index contributed by atoms with van der Waals surface area (Å²) >= 11 is 1.44. The fourth-order valence-corrected chi connectivity index (χ4v) is 4.96. The average molecular weight is 443 g/mol. The number of hydrogen-bond donors (Lipinski definition) is 1. The van der Waals surface area contributed by atoms with Crippen molar-refractivity contribution in [2.75, 3.05) is 11.1 Å². The largest absolute Gasteiger partial charge is 0.310 e. The standard InChI is InChI=1S/C24H18N4O3S/c29-20-15-32-23(17-10-7-13-19(14-17)28(30)31)21-22(16-8-3-1-4-9-16)26-27(24(21)25-20)18-11-5-2-6-12-18/h1-14,23H,15H2,(H,25,29)/t23-/m0/s1. The molecule has 4 aromatic rings. The molecule has 1 aromatic heterocycles. The predicted octanol–water partition coefficient (Wildman–Crippen LogP) is 5.22. The molecule has 0 unspecified atom stereocenters. The van der Waals surface area contributed by atoms with Crippen LogP contribution in [0.15, 0.2) is 84.9 Å². The first-order valence-electron chi connectivity index (χ1n) is 10.0. The molecule has 1 atom stereocenters. The van der Waals surface area contributed by atoms with Gasteiger partial charge in [-0.1, -0.05) is 60.7 Å². The number of rotatable bonds is 4. The zero-order valence-corrected chi connectivity index (χ0v) is 17.7. The first-order chi connectivity index (χ1) is 15.6. The third kappa shape index (κ3) is 3.65. The van der Waals surface area contributed by atoms with E-state index in [4.69, 9.17) is 5.10 Å². The molecule has 32 heavy (non-hydrogen) atoms. The van der Waals surface area contributed by atoms with E-state index >= 15 is 0 Å². The minimum absolute atomic E-state index is 0.0184. The van der Waals surface area contributed by atoms with E-state index in [-0.39, 0.29) is 22.6 Å². The maximum atomic E-state index is 12.6. The number of anilines is 1. The quantitative estimate of drug-likeness (QED) is 0.346. The van der Waals surface area contributed by atoms with Crippen LogP contribution in [0.1, 0.15) is 16.4 Å². The number of nitro benzene ring substituents is 1. The predicted molar refractivity (Wildman–Crippen MR) is 125 cm³/mol. The van der Waals surface area contributed by atoms with Gasteiger partial charge in [-0.3, -0.25) is 14.9 Å². The molecular formula is C24H18N4O3S. The molecule has 0 saturated carbocycles. The maximum absolute atomic E-state index is 12.6. The van der Waals surface area contributed by atoms with Gasteiger partial charge in [0, 0.05) is 23.3 Å². The van der Waals surface area contributed by atoms with Crippen molar-refractivity contribution in [2.24, 2.45) is 0 Å². The van der Waals surface area contributed by atoms with E-state index in [1.165, 1.54) is 17.8 Å². The van der Waals surface area contributed by atoms with Crippen LogP contribution in [0.2, 0.25) is 0 Å². The van der Waals surface area contributed by atoms with Crippen molar-refractivity contribution >= 4 is 29.2 Å². The van der Waals surface area contributed by atoms with Gasteiger partial charge in [-0.25, -0.2) is 4.68 Å². The number of hydrogen-bond acceptors (Lipinski definition) is 5. The lowest BCUT2D eigenvalue weighted by Gasteiger charge is -2.16. The van der Waals surface area contributed by atoms with Gasteiger partial charge in [-0.2, -0.15) is 5.10 Å². The summed E-state index contributed by atoms with van der Waals surface area (Å²) in [6.45, 7) is 0. The number of nitro groups is 1. The summed E-state index contributed by atoms with van der Waals surface area (Å²) in [5.74, 6) is 0.674. The van der Waals surface area contributed by atoms with Crippen molar-refractivity contribution in [2.45, 2.75) is 5.25 Å². The van der Waals surface area contributed by atoms with Crippen LogP contribution in [0, 0.1) is 10.1 Å². The van der Waals surface area contributed by atoms with Crippen LogP contribution in [0.25, 0.3) is 16.9 Å². The van der Waals surface area contributed by atoms with Crippen molar-refractivity contribution in [3.63, 3.8) is 0 Å². The molecule has 0 bridgehead atoms. The number of fused-ring (bicyclic) bond motifs is 1. The van der Waals surface area contributed by atoms with Crippen molar-refractivity contribution in [3.05, 3.63) is 106 Å². The van der Waals surface area contributed by atoms with Crippen LogP contribution >= 0.6 is 11.8 Å². The Labute approximate surface area is 188 Å². The number of carbonyl (C=O) groups excluding carboxylic acids is 1. The van der Waals surface area contributed by atoms with Gasteiger partial charge < -0.3 is 5.32 Å². The fraction of sp³-hybridized carbons (Fsp3) is 0.0833. The highest BCUT2D eigenvalue weighted by Crippen LogP contribution is 2.47. The van der Waals surface area contributed by atoms with E-state index < -0.39 is 4.92 Å². The number of benzene rings is 3. The Balaban J connectivity index is 1.78. The molecule has 8 heteroatoms. The maximum Gasteiger partial charge on any atom is 0.269 e. The summed E-state index contributed by atoms with van der Waals surface area (Å²) in [5, 5.41) is 19.0. The highest BCUT2D eigenvalue weighted by Gasteiger charge is 2.33. The van der Waals surface area contributed by atoms with Crippen LogP contribution < -0.4 is 5.32 Å². The highest BCUT2D eigenvalue weighted by atomic mass is 32.2. The number of carbonyl (C=O) groups is 1. The van der Waals surface area contributed by atoms with Crippen molar-refractivity contribution in [1.82, 2.24) is 9.78 Å². The molecule has 7 nitrogen and oxygen atoms in total. The van der Waals surface area contributed by atoms with Crippen LogP contribution in [0.3, 0.4) is 0 Å². The van der Waals surface area contributed by atoms with Gasteiger partial charge in [0.1, 0.15) is 5.82 Å². The Hall–Kier alpha value is -3.91. The van der Waals surface area contributed by atoms with Gasteiger partial charge in [0.2, 0.25) is 5.91 Å². The molecule has 1 amide bonds. The second kappa shape index (κ2) is 8.32. The Bertz CT molecular complexity index is 1310.